The fraction of sp³-hybridized carbons (Fsp3) is 0.261. The lowest BCUT2D eigenvalue weighted by molar-refractivity contribution is -0.384. The van der Waals surface area contributed by atoms with Crippen LogP contribution in [0.4, 0.5) is 10.5 Å². The van der Waals surface area contributed by atoms with Crippen LogP contribution in [0.5, 0.6) is 0 Å². The van der Waals surface area contributed by atoms with Gasteiger partial charge in [-0.05, 0) is 56.0 Å². The Morgan fingerprint density at radius 3 is 2.48 bits per heavy atom. The van der Waals surface area contributed by atoms with E-state index in [1.165, 1.54) is 31.2 Å². The molecular formula is C23H22N4O5S. The number of thiophene rings is 1. The summed E-state index contributed by atoms with van der Waals surface area (Å²) in [6.07, 6.45) is 0. The number of carbonyl (C=O) groups is 3. The summed E-state index contributed by atoms with van der Waals surface area (Å²) in [6.45, 7) is 5.53. The maximum atomic E-state index is 13.1. The van der Waals surface area contributed by atoms with Crippen LogP contribution in [0.15, 0.2) is 47.8 Å². The van der Waals surface area contributed by atoms with Crippen molar-refractivity contribution in [3.8, 4) is 0 Å². The number of carbonyl (C=O) groups excluding carboxylic acids is 3. The van der Waals surface area contributed by atoms with Crippen LogP contribution in [-0.2, 0) is 16.9 Å². The van der Waals surface area contributed by atoms with Gasteiger partial charge in [0.15, 0.2) is 5.78 Å². The molecule has 0 aliphatic carbocycles. The maximum absolute atomic E-state index is 13.1. The van der Waals surface area contributed by atoms with E-state index in [2.05, 4.69) is 5.32 Å². The highest BCUT2D eigenvalue weighted by Gasteiger charge is 2.49. The molecule has 33 heavy (non-hydrogen) atoms. The average molecular weight is 467 g/mol. The van der Waals surface area contributed by atoms with E-state index < -0.39 is 28.9 Å². The normalized spacial score (nSPS) is 18.0. The van der Waals surface area contributed by atoms with Crippen molar-refractivity contribution < 1.29 is 19.3 Å². The lowest BCUT2D eigenvalue weighted by Gasteiger charge is -2.22. The molecule has 10 heteroatoms. The zero-order valence-electron chi connectivity index (χ0n) is 18.3. The second-order valence-corrected chi connectivity index (χ2v) is 9.16. The summed E-state index contributed by atoms with van der Waals surface area (Å²) in [5.41, 5.74) is 1.02. The number of nitrogens with one attached hydrogen (secondary N) is 1. The van der Waals surface area contributed by atoms with Gasteiger partial charge in [-0.2, -0.15) is 0 Å². The summed E-state index contributed by atoms with van der Waals surface area (Å²) >= 11 is 1.63. The van der Waals surface area contributed by atoms with E-state index in [1.807, 2.05) is 35.9 Å². The minimum atomic E-state index is -1.41. The van der Waals surface area contributed by atoms with Crippen LogP contribution in [0, 0.1) is 24.0 Å². The van der Waals surface area contributed by atoms with Gasteiger partial charge in [-0.25, -0.2) is 4.79 Å². The Bertz CT molecular complexity index is 1260. The number of nitrogens with zero attached hydrogens (tertiary/aromatic N) is 3. The van der Waals surface area contributed by atoms with Crippen molar-refractivity contribution in [2.45, 2.75) is 32.9 Å². The first kappa shape index (κ1) is 22.4. The van der Waals surface area contributed by atoms with Crippen molar-refractivity contribution in [2.75, 3.05) is 6.54 Å². The summed E-state index contributed by atoms with van der Waals surface area (Å²) in [5.74, 6) is -0.918. The predicted octanol–water partition coefficient (Wildman–Crippen LogP) is 3.77. The number of amides is 3. The van der Waals surface area contributed by atoms with Gasteiger partial charge in [-0.15, -0.1) is 11.3 Å². The fourth-order valence-corrected chi connectivity index (χ4v) is 4.76. The Morgan fingerprint density at radius 2 is 1.88 bits per heavy atom. The van der Waals surface area contributed by atoms with E-state index in [1.54, 1.807) is 17.4 Å². The van der Waals surface area contributed by atoms with Crippen LogP contribution in [-0.4, -0.2) is 38.7 Å². The summed E-state index contributed by atoms with van der Waals surface area (Å²) in [5, 5.41) is 15.5. The molecule has 1 fully saturated rings. The largest absolute Gasteiger partial charge is 0.343 e. The SMILES string of the molecule is Cc1cc(C(=O)CN2C(=O)NC(C)(c3ccc([N+](=O)[O-])cc3)C2=O)c(C)n1Cc1cccs1. The van der Waals surface area contributed by atoms with E-state index in [-0.39, 0.29) is 11.5 Å². The number of rotatable bonds is 7. The van der Waals surface area contributed by atoms with E-state index in [0.717, 1.165) is 21.2 Å². The smallest absolute Gasteiger partial charge is 0.325 e. The van der Waals surface area contributed by atoms with Gasteiger partial charge < -0.3 is 9.88 Å². The highest BCUT2D eigenvalue weighted by molar-refractivity contribution is 7.09. The van der Waals surface area contributed by atoms with Gasteiger partial charge in [0.05, 0.1) is 18.0 Å². The molecular weight excluding hydrogens is 444 g/mol. The van der Waals surface area contributed by atoms with Gasteiger partial charge in [0.1, 0.15) is 5.54 Å². The minimum Gasteiger partial charge on any atom is -0.343 e. The van der Waals surface area contributed by atoms with Crippen LogP contribution in [0.1, 0.15) is 39.1 Å². The first-order chi connectivity index (χ1) is 15.6. The van der Waals surface area contributed by atoms with E-state index in [4.69, 9.17) is 0 Å². The summed E-state index contributed by atoms with van der Waals surface area (Å²) in [6, 6.07) is 10.5. The zero-order chi connectivity index (χ0) is 23.9. The van der Waals surface area contributed by atoms with E-state index in [9.17, 15) is 24.5 Å². The number of aromatic nitrogens is 1. The lowest BCUT2D eigenvalue weighted by atomic mass is 9.92. The molecule has 170 valence electrons. The van der Waals surface area contributed by atoms with Crippen molar-refractivity contribution >= 4 is 34.7 Å². The van der Waals surface area contributed by atoms with Crippen molar-refractivity contribution in [2.24, 2.45) is 0 Å². The summed E-state index contributed by atoms with van der Waals surface area (Å²) < 4.78 is 2.03. The standard InChI is InChI=1S/C23H22N4O5S/c1-14-11-19(15(2)25(14)12-18-5-4-10-33-18)20(28)13-26-21(29)23(3,24-22(26)30)16-6-8-17(9-7-16)27(31)32/h4-11H,12-13H2,1-3H3,(H,24,30). The Kier molecular flexibility index (Phi) is 5.62. The zero-order valence-corrected chi connectivity index (χ0v) is 19.1. The van der Waals surface area contributed by atoms with Gasteiger partial charge in [0.2, 0.25) is 0 Å². The monoisotopic (exact) mass is 466 g/mol. The van der Waals surface area contributed by atoms with Crippen LogP contribution in [0.3, 0.4) is 0 Å². The highest BCUT2D eigenvalue weighted by Crippen LogP contribution is 2.30. The molecule has 0 spiro atoms. The number of hydrogen-bond acceptors (Lipinski definition) is 6. The van der Waals surface area contributed by atoms with Crippen LogP contribution in [0.25, 0.3) is 0 Å². The predicted molar refractivity (Wildman–Crippen MR) is 122 cm³/mol. The molecule has 0 saturated carbocycles. The molecule has 3 aromatic rings. The second-order valence-electron chi connectivity index (χ2n) is 8.12. The number of ketones is 1. The van der Waals surface area contributed by atoms with Gasteiger partial charge in [-0.3, -0.25) is 24.6 Å². The third-order valence-corrected chi connectivity index (χ3v) is 6.86. The van der Waals surface area contributed by atoms with Gasteiger partial charge in [-0.1, -0.05) is 6.07 Å². The molecule has 1 aliphatic heterocycles. The van der Waals surface area contributed by atoms with E-state index >= 15 is 0 Å². The fourth-order valence-electron chi connectivity index (χ4n) is 4.07. The lowest BCUT2D eigenvalue weighted by Crippen LogP contribution is -2.41. The van der Waals surface area contributed by atoms with E-state index in [0.29, 0.717) is 17.7 Å². The molecule has 1 unspecified atom stereocenters. The van der Waals surface area contributed by atoms with Gasteiger partial charge in [0, 0.05) is 34.0 Å². The molecule has 1 aliphatic rings. The van der Waals surface area contributed by atoms with Crippen molar-refractivity contribution in [1.82, 2.24) is 14.8 Å². The highest BCUT2D eigenvalue weighted by atomic mass is 32.1. The number of imide groups is 1. The molecule has 1 saturated heterocycles. The third-order valence-electron chi connectivity index (χ3n) is 6.00. The first-order valence-corrected chi connectivity index (χ1v) is 11.1. The molecule has 3 heterocycles. The van der Waals surface area contributed by atoms with Crippen molar-refractivity contribution in [3.63, 3.8) is 0 Å². The number of hydrogen-bond donors (Lipinski definition) is 1. The molecule has 4 rings (SSSR count). The number of Topliss-reactive ketones (excluding diaryl/α,β-unsaturated/α-hetero) is 1. The topological polar surface area (TPSA) is 115 Å². The quantitative estimate of drug-likeness (QED) is 0.246. The molecule has 1 aromatic carbocycles. The number of non-ortho nitro benzene ring substituents is 1. The summed E-state index contributed by atoms with van der Waals surface area (Å²) in [4.78, 5) is 51.3. The van der Waals surface area contributed by atoms with Crippen LogP contribution >= 0.6 is 11.3 Å². The number of aryl methyl sites for hydroxylation is 1. The Labute approximate surface area is 193 Å². The average Bonchev–Trinajstić information content (AvgIpc) is 3.45. The van der Waals surface area contributed by atoms with Crippen molar-refractivity contribution in [3.05, 3.63) is 85.4 Å². The third kappa shape index (κ3) is 3.93. The molecule has 2 aromatic heterocycles. The molecule has 1 N–H and O–H groups in total. The van der Waals surface area contributed by atoms with Crippen LogP contribution < -0.4 is 5.32 Å². The molecule has 1 atom stereocenters. The molecule has 0 radical (unpaired) electrons. The number of benzene rings is 1. The number of nitro benzene ring substituents is 1. The molecule has 3 amide bonds. The van der Waals surface area contributed by atoms with Gasteiger partial charge >= 0.3 is 6.03 Å². The molecule has 0 bridgehead atoms. The number of nitro groups is 1. The minimum absolute atomic E-state index is 0.121. The maximum Gasteiger partial charge on any atom is 0.325 e. The molecule has 9 nitrogen and oxygen atoms in total. The van der Waals surface area contributed by atoms with Crippen molar-refractivity contribution in [1.29, 1.82) is 0 Å². The Balaban J connectivity index is 1.55. The Morgan fingerprint density at radius 1 is 1.18 bits per heavy atom. The Hall–Kier alpha value is -3.79. The second kappa shape index (κ2) is 8.28. The van der Waals surface area contributed by atoms with Gasteiger partial charge in [0.25, 0.3) is 11.6 Å². The number of urea groups is 1. The first-order valence-electron chi connectivity index (χ1n) is 10.2. The summed E-state index contributed by atoms with van der Waals surface area (Å²) in [7, 11) is 0. The van der Waals surface area contributed by atoms with Crippen LogP contribution in [0.2, 0.25) is 0 Å².